The smallest absolute Gasteiger partial charge is 0.135 e. The molecule has 0 aliphatic heterocycles. The Morgan fingerprint density at radius 3 is 2.88 bits per heavy atom. The highest BCUT2D eigenvalue weighted by atomic mass is 32.1. The summed E-state index contributed by atoms with van der Waals surface area (Å²) in [6.07, 6.45) is 2.74. The first kappa shape index (κ1) is 14.1. The lowest BCUT2D eigenvalue weighted by atomic mass is 10.0. The second kappa shape index (κ2) is 6.67. The summed E-state index contributed by atoms with van der Waals surface area (Å²) >= 11 is 1.58. The fourth-order valence-electron chi connectivity index (χ4n) is 1.53. The molecule has 0 fully saturated rings. The molecule has 0 saturated carbocycles. The summed E-state index contributed by atoms with van der Waals surface area (Å²) < 4.78 is 0. The van der Waals surface area contributed by atoms with Crippen molar-refractivity contribution in [3.63, 3.8) is 0 Å². The molecule has 0 aliphatic carbocycles. The van der Waals surface area contributed by atoms with Gasteiger partial charge in [0.25, 0.3) is 0 Å². The summed E-state index contributed by atoms with van der Waals surface area (Å²) in [7, 11) is 0. The van der Waals surface area contributed by atoms with E-state index in [9.17, 15) is 9.90 Å². The van der Waals surface area contributed by atoms with Gasteiger partial charge >= 0.3 is 0 Å². The van der Waals surface area contributed by atoms with Gasteiger partial charge in [0, 0.05) is 18.2 Å². The first-order valence-corrected chi connectivity index (χ1v) is 6.71. The molecule has 0 amide bonds. The van der Waals surface area contributed by atoms with Crippen LogP contribution >= 0.6 is 11.3 Å². The van der Waals surface area contributed by atoms with Gasteiger partial charge in [-0.2, -0.15) is 0 Å². The molecule has 0 unspecified atom stereocenters. The lowest BCUT2D eigenvalue weighted by molar-refractivity contribution is -0.120. The normalized spacial score (nSPS) is 13.8. The molecule has 94 valence electrons. The molecule has 0 saturated heterocycles. The van der Waals surface area contributed by atoms with Gasteiger partial charge in [-0.3, -0.25) is 4.79 Å². The maximum Gasteiger partial charge on any atom is 0.135 e. The Balaban J connectivity index is 2.59. The lowest BCUT2D eigenvalue weighted by Crippen LogP contribution is -2.14. The van der Waals surface area contributed by atoms with Gasteiger partial charge in [0.15, 0.2) is 0 Å². The molecule has 1 N–H and O–H groups in total. The third-order valence-electron chi connectivity index (χ3n) is 2.49. The SMILES string of the molecule is CCCC(=O)C[C@@H](O)/C(C)=C/c1csc(C)n1. The highest BCUT2D eigenvalue weighted by Gasteiger charge is 2.12. The number of hydrogen-bond acceptors (Lipinski definition) is 4. The van der Waals surface area contributed by atoms with Crippen molar-refractivity contribution in [3.8, 4) is 0 Å². The molecule has 1 heterocycles. The van der Waals surface area contributed by atoms with Crippen LogP contribution in [0.15, 0.2) is 11.0 Å². The number of ketones is 1. The minimum absolute atomic E-state index is 0.113. The topological polar surface area (TPSA) is 50.2 Å². The Morgan fingerprint density at radius 2 is 2.35 bits per heavy atom. The summed E-state index contributed by atoms with van der Waals surface area (Å²) in [4.78, 5) is 15.7. The molecule has 1 rings (SSSR count). The van der Waals surface area contributed by atoms with E-state index in [0.29, 0.717) is 6.42 Å². The van der Waals surface area contributed by atoms with Gasteiger partial charge in [0.1, 0.15) is 5.78 Å². The zero-order valence-electron chi connectivity index (χ0n) is 10.6. The minimum Gasteiger partial charge on any atom is -0.388 e. The monoisotopic (exact) mass is 253 g/mol. The van der Waals surface area contributed by atoms with Crippen LogP contribution in [0.1, 0.15) is 43.8 Å². The first-order chi connectivity index (χ1) is 8.02. The van der Waals surface area contributed by atoms with E-state index in [1.54, 1.807) is 11.3 Å². The summed E-state index contributed by atoms with van der Waals surface area (Å²) in [5.74, 6) is 0.113. The number of thiazole rings is 1. The van der Waals surface area contributed by atoms with Gasteiger partial charge in [0.05, 0.1) is 16.8 Å². The number of Topliss-reactive ketones (excluding diaryl/α,β-unsaturated/α-hetero) is 1. The molecule has 1 atom stereocenters. The quantitative estimate of drug-likeness (QED) is 0.848. The summed E-state index contributed by atoms with van der Waals surface area (Å²) in [5, 5.41) is 12.8. The van der Waals surface area contributed by atoms with Gasteiger partial charge in [-0.25, -0.2) is 4.98 Å². The van der Waals surface area contributed by atoms with Crippen LogP contribution < -0.4 is 0 Å². The molecular formula is C13H19NO2S. The molecule has 1 aromatic rings. The van der Waals surface area contributed by atoms with Gasteiger partial charge in [-0.1, -0.05) is 6.92 Å². The standard InChI is InChI=1S/C13H19NO2S/c1-4-5-12(15)7-13(16)9(2)6-11-8-17-10(3)14-11/h6,8,13,16H,4-5,7H2,1-3H3/b9-6+/t13-/m1/s1. The van der Waals surface area contributed by atoms with Crippen LogP contribution in [-0.4, -0.2) is 22.0 Å². The number of hydrogen-bond donors (Lipinski definition) is 1. The minimum atomic E-state index is -0.684. The van der Waals surface area contributed by atoms with Crippen molar-refractivity contribution in [2.45, 2.75) is 46.1 Å². The second-order valence-electron chi connectivity index (χ2n) is 4.19. The van der Waals surface area contributed by atoms with Gasteiger partial charge in [-0.15, -0.1) is 11.3 Å². The Labute approximate surface area is 106 Å². The molecule has 0 bridgehead atoms. The third-order valence-corrected chi connectivity index (χ3v) is 3.28. The van der Waals surface area contributed by atoms with E-state index >= 15 is 0 Å². The number of carbonyl (C=O) groups is 1. The fraction of sp³-hybridized carbons (Fsp3) is 0.538. The summed E-state index contributed by atoms with van der Waals surface area (Å²) in [6, 6.07) is 0. The molecule has 0 spiro atoms. The van der Waals surface area contributed by atoms with E-state index < -0.39 is 6.10 Å². The van der Waals surface area contributed by atoms with Crippen LogP contribution in [0, 0.1) is 6.92 Å². The van der Waals surface area contributed by atoms with E-state index in [2.05, 4.69) is 4.98 Å². The average Bonchev–Trinajstić information content (AvgIpc) is 2.64. The molecule has 0 aromatic carbocycles. The number of carbonyl (C=O) groups excluding carboxylic acids is 1. The first-order valence-electron chi connectivity index (χ1n) is 5.83. The largest absolute Gasteiger partial charge is 0.388 e. The van der Waals surface area contributed by atoms with Crippen molar-refractivity contribution in [3.05, 3.63) is 21.7 Å². The number of aliphatic hydroxyl groups excluding tert-OH is 1. The Kier molecular flexibility index (Phi) is 5.51. The molecule has 3 nitrogen and oxygen atoms in total. The van der Waals surface area contributed by atoms with Crippen LogP contribution in [-0.2, 0) is 4.79 Å². The highest BCUT2D eigenvalue weighted by Crippen LogP contribution is 2.15. The number of rotatable bonds is 6. The van der Waals surface area contributed by atoms with E-state index in [4.69, 9.17) is 0 Å². The third kappa shape index (κ3) is 4.79. The predicted molar refractivity (Wildman–Crippen MR) is 71.0 cm³/mol. The molecule has 4 heteroatoms. The van der Waals surface area contributed by atoms with E-state index in [-0.39, 0.29) is 12.2 Å². The Bertz CT molecular complexity index is 409. The van der Waals surface area contributed by atoms with Crippen molar-refractivity contribution < 1.29 is 9.90 Å². The number of aryl methyl sites for hydroxylation is 1. The van der Waals surface area contributed by atoms with Crippen LogP contribution in [0.25, 0.3) is 6.08 Å². The predicted octanol–water partition coefficient (Wildman–Crippen LogP) is 2.98. The maximum absolute atomic E-state index is 11.4. The lowest BCUT2D eigenvalue weighted by Gasteiger charge is -2.09. The fourth-order valence-corrected chi connectivity index (χ4v) is 2.10. The number of nitrogens with zero attached hydrogens (tertiary/aromatic N) is 1. The van der Waals surface area contributed by atoms with Crippen LogP contribution in [0.3, 0.4) is 0 Å². The molecule has 0 aliphatic rings. The van der Waals surface area contributed by atoms with E-state index in [0.717, 1.165) is 22.7 Å². The van der Waals surface area contributed by atoms with Crippen molar-refractivity contribution in [2.75, 3.05) is 0 Å². The molecule has 17 heavy (non-hydrogen) atoms. The van der Waals surface area contributed by atoms with Gasteiger partial charge in [0.2, 0.25) is 0 Å². The summed E-state index contributed by atoms with van der Waals surface area (Å²) in [5.41, 5.74) is 1.65. The van der Waals surface area contributed by atoms with Crippen LogP contribution in [0.4, 0.5) is 0 Å². The second-order valence-corrected chi connectivity index (χ2v) is 5.25. The van der Waals surface area contributed by atoms with Gasteiger partial charge in [-0.05, 0) is 31.9 Å². The molecule has 1 aromatic heterocycles. The number of aromatic nitrogens is 1. The van der Waals surface area contributed by atoms with Crippen LogP contribution in [0.5, 0.6) is 0 Å². The van der Waals surface area contributed by atoms with Crippen molar-refractivity contribution in [1.29, 1.82) is 0 Å². The Morgan fingerprint density at radius 1 is 1.65 bits per heavy atom. The zero-order valence-corrected chi connectivity index (χ0v) is 11.4. The van der Waals surface area contributed by atoms with E-state index in [1.165, 1.54) is 0 Å². The van der Waals surface area contributed by atoms with E-state index in [1.807, 2.05) is 32.2 Å². The maximum atomic E-state index is 11.4. The van der Waals surface area contributed by atoms with Crippen molar-refractivity contribution in [1.82, 2.24) is 4.98 Å². The van der Waals surface area contributed by atoms with Crippen molar-refractivity contribution in [2.24, 2.45) is 0 Å². The average molecular weight is 253 g/mol. The van der Waals surface area contributed by atoms with Crippen LogP contribution in [0.2, 0.25) is 0 Å². The van der Waals surface area contributed by atoms with Gasteiger partial charge < -0.3 is 5.11 Å². The Hall–Kier alpha value is -1.00. The highest BCUT2D eigenvalue weighted by molar-refractivity contribution is 7.09. The zero-order chi connectivity index (χ0) is 12.8. The molecule has 0 radical (unpaired) electrons. The summed E-state index contributed by atoms with van der Waals surface area (Å²) in [6.45, 7) is 5.74. The molecular weight excluding hydrogens is 234 g/mol. The van der Waals surface area contributed by atoms with Crippen molar-refractivity contribution >= 4 is 23.2 Å². The number of aliphatic hydroxyl groups is 1.